The summed E-state index contributed by atoms with van der Waals surface area (Å²) in [5.74, 6) is 1.08. The van der Waals surface area contributed by atoms with Crippen molar-refractivity contribution < 1.29 is 4.79 Å². The number of imidazole rings is 1. The summed E-state index contributed by atoms with van der Waals surface area (Å²) in [5.41, 5.74) is 6.13. The first-order valence-electron chi connectivity index (χ1n) is 6.66. The number of carbonyl (C=O) groups is 1. The molecule has 0 radical (unpaired) electrons. The molecule has 6 nitrogen and oxygen atoms in total. The summed E-state index contributed by atoms with van der Waals surface area (Å²) in [6, 6.07) is 0. The van der Waals surface area contributed by atoms with E-state index in [0.717, 1.165) is 42.0 Å². The molecule has 0 aromatic carbocycles. The van der Waals surface area contributed by atoms with Gasteiger partial charge >= 0.3 is 0 Å². The Hall–Kier alpha value is -1.63. The third kappa shape index (κ3) is 2.63. The molecule has 1 saturated heterocycles. The molecule has 0 unspecified atom stereocenters. The van der Waals surface area contributed by atoms with Crippen molar-refractivity contribution in [1.29, 1.82) is 0 Å². The normalized spacial score (nSPS) is 16.8. The number of hydrogen-bond acceptors (Lipinski definition) is 4. The van der Waals surface area contributed by atoms with Crippen molar-refractivity contribution in [3.05, 3.63) is 23.2 Å². The molecule has 0 spiro atoms. The molecule has 1 amide bonds. The molecule has 2 aromatic heterocycles. The highest BCUT2D eigenvalue weighted by molar-refractivity contribution is 9.10. The number of nitrogens with two attached hydrogens (primary N) is 1. The maximum absolute atomic E-state index is 11.0. The standard InChI is InChI=1S/C13H16BrN5O/c14-10-8-19-6-3-16-12(19)13(17-10)18-4-1-9(2-5-18)7-11(15)20/h3,6,8-9H,1-2,4-5,7H2,(H2,15,20). The van der Waals surface area contributed by atoms with E-state index in [1.165, 1.54) is 0 Å². The molecule has 0 aliphatic carbocycles. The fourth-order valence-corrected chi connectivity index (χ4v) is 3.12. The number of anilines is 1. The average molecular weight is 338 g/mol. The number of rotatable bonds is 3. The second kappa shape index (κ2) is 5.40. The lowest BCUT2D eigenvalue weighted by atomic mass is 9.93. The predicted octanol–water partition coefficient (Wildman–Crippen LogP) is 1.58. The van der Waals surface area contributed by atoms with Gasteiger partial charge in [0.1, 0.15) is 4.60 Å². The number of aromatic nitrogens is 3. The summed E-state index contributed by atoms with van der Waals surface area (Å²) in [4.78, 5) is 22.1. The van der Waals surface area contributed by atoms with Crippen molar-refractivity contribution in [3.8, 4) is 0 Å². The highest BCUT2D eigenvalue weighted by atomic mass is 79.9. The second-order valence-corrected chi connectivity index (χ2v) is 5.96. The lowest BCUT2D eigenvalue weighted by Gasteiger charge is -2.32. The Bertz CT molecular complexity index is 633. The van der Waals surface area contributed by atoms with Crippen molar-refractivity contribution >= 4 is 33.3 Å². The van der Waals surface area contributed by atoms with Gasteiger partial charge in [0.2, 0.25) is 5.91 Å². The second-order valence-electron chi connectivity index (χ2n) is 5.15. The van der Waals surface area contributed by atoms with Crippen molar-refractivity contribution in [1.82, 2.24) is 14.4 Å². The largest absolute Gasteiger partial charge is 0.370 e. The van der Waals surface area contributed by atoms with E-state index in [1.54, 1.807) is 6.20 Å². The van der Waals surface area contributed by atoms with E-state index in [4.69, 9.17) is 5.73 Å². The van der Waals surface area contributed by atoms with Crippen LogP contribution in [0.1, 0.15) is 19.3 Å². The summed E-state index contributed by atoms with van der Waals surface area (Å²) in [6.45, 7) is 1.76. The van der Waals surface area contributed by atoms with E-state index in [2.05, 4.69) is 30.8 Å². The maximum atomic E-state index is 11.0. The molecule has 0 bridgehead atoms. The van der Waals surface area contributed by atoms with Crippen LogP contribution in [0.2, 0.25) is 0 Å². The van der Waals surface area contributed by atoms with Crippen LogP contribution in [0.15, 0.2) is 23.2 Å². The molecule has 7 heteroatoms. The molecule has 1 aliphatic heterocycles. The van der Waals surface area contributed by atoms with Crippen molar-refractivity contribution in [2.24, 2.45) is 11.7 Å². The first kappa shape index (κ1) is 13.4. The lowest BCUT2D eigenvalue weighted by Crippen LogP contribution is -2.36. The molecule has 106 valence electrons. The molecule has 1 aliphatic rings. The number of halogens is 1. The fourth-order valence-electron chi connectivity index (χ4n) is 2.73. The summed E-state index contributed by atoms with van der Waals surface area (Å²) in [7, 11) is 0. The molecule has 3 rings (SSSR count). The molecule has 3 heterocycles. The van der Waals surface area contributed by atoms with Crippen molar-refractivity contribution in [2.45, 2.75) is 19.3 Å². The minimum atomic E-state index is -0.209. The number of nitrogens with zero attached hydrogens (tertiary/aromatic N) is 4. The van der Waals surface area contributed by atoms with Crippen molar-refractivity contribution in [2.75, 3.05) is 18.0 Å². The monoisotopic (exact) mass is 337 g/mol. The third-order valence-corrected chi connectivity index (χ3v) is 4.11. The summed E-state index contributed by atoms with van der Waals surface area (Å²) >= 11 is 3.43. The van der Waals surface area contributed by atoms with Gasteiger partial charge in [0.25, 0.3) is 0 Å². The minimum absolute atomic E-state index is 0.209. The zero-order valence-electron chi connectivity index (χ0n) is 11.0. The van der Waals surface area contributed by atoms with Crippen LogP contribution >= 0.6 is 15.9 Å². The molecule has 0 atom stereocenters. The van der Waals surface area contributed by atoms with Gasteiger partial charge in [-0.15, -0.1) is 0 Å². The van der Waals surface area contributed by atoms with Gasteiger partial charge in [-0.05, 0) is 34.7 Å². The molecule has 2 aromatic rings. The number of fused-ring (bicyclic) bond motifs is 1. The highest BCUT2D eigenvalue weighted by Crippen LogP contribution is 2.27. The Morgan fingerprint density at radius 2 is 2.20 bits per heavy atom. The SMILES string of the molecule is NC(=O)CC1CCN(c2nc(Br)cn3ccnc23)CC1. The van der Waals surface area contributed by atoms with Crippen LogP contribution < -0.4 is 10.6 Å². The van der Waals surface area contributed by atoms with Gasteiger partial charge in [-0.25, -0.2) is 9.97 Å². The number of primary amides is 1. The fraction of sp³-hybridized carbons (Fsp3) is 0.462. The molecule has 1 fully saturated rings. The first-order chi connectivity index (χ1) is 9.63. The van der Waals surface area contributed by atoms with Crippen molar-refractivity contribution in [3.63, 3.8) is 0 Å². The van der Waals surface area contributed by atoms with Crippen LogP contribution in [0.25, 0.3) is 5.65 Å². The number of piperidine rings is 1. The van der Waals surface area contributed by atoms with E-state index in [9.17, 15) is 4.79 Å². The van der Waals surface area contributed by atoms with Crippen LogP contribution in [0.3, 0.4) is 0 Å². The zero-order chi connectivity index (χ0) is 14.1. The van der Waals surface area contributed by atoms with Gasteiger partial charge in [-0.1, -0.05) is 0 Å². The zero-order valence-corrected chi connectivity index (χ0v) is 12.6. The Kier molecular flexibility index (Phi) is 3.60. The van der Waals surface area contributed by atoms with Gasteiger partial charge in [-0.3, -0.25) is 4.79 Å². The topological polar surface area (TPSA) is 76.5 Å². The highest BCUT2D eigenvalue weighted by Gasteiger charge is 2.23. The summed E-state index contributed by atoms with van der Waals surface area (Å²) in [5, 5.41) is 0. The van der Waals surface area contributed by atoms with Gasteiger partial charge < -0.3 is 15.0 Å². The Morgan fingerprint density at radius 3 is 2.90 bits per heavy atom. The maximum Gasteiger partial charge on any atom is 0.217 e. The van der Waals surface area contributed by atoms with E-state index in [-0.39, 0.29) is 5.91 Å². The number of hydrogen-bond donors (Lipinski definition) is 1. The van der Waals surface area contributed by atoms with Crippen LogP contribution in [-0.2, 0) is 4.79 Å². The molecule has 20 heavy (non-hydrogen) atoms. The third-order valence-electron chi connectivity index (χ3n) is 3.73. The number of amides is 1. The van der Waals surface area contributed by atoms with Crippen LogP contribution in [0.5, 0.6) is 0 Å². The van der Waals surface area contributed by atoms with Crippen LogP contribution in [0, 0.1) is 5.92 Å². The van der Waals surface area contributed by atoms with Crippen LogP contribution in [-0.4, -0.2) is 33.4 Å². The molecule has 2 N–H and O–H groups in total. The van der Waals surface area contributed by atoms with Gasteiger partial charge in [0.05, 0.1) is 0 Å². The van der Waals surface area contributed by atoms with Crippen LogP contribution in [0.4, 0.5) is 5.82 Å². The smallest absolute Gasteiger partial charge is 0.217 e. The van der Waals surface area contributed by atoms with Gasteiger partial charge in [0, 0.05) is 38.1 Å². The van der Waals surface area contributed by atoms with E-state index < -0.39 is 0 Å². The van der Waals surface area contributed by atoms with E-state index in [0.29, 0.717) is 12.3 Å². The summed E-state index contributed by atoms with van der Waals surface area (Å²) in [6.07, 6.45) is 7.98. The molecular formula is C13H16BrN5O. The summed E-state index contributed by atoms with van der Waals surface area (Å²) < 4.78 is 2.75. The quantitative estimate of drug-likeness (QED) is 0.922. The van der Waals surface area contributed by atoms with Gasteiger partial charge in [-0.2, -0.15) is 0 Å². The van der Waals surface area contributed by atoms with E-state index >= 15 is 0 Å². The Labute approximate surface area is 125 Å². The number of carbonyl (C=O) groups excluding carboxylic acids is 1. The average Bonchev–Trinajstić information content (AvgIpc) is 2.86. The lowest BCUT2D eigenvalue weighted by molar-refractivity contribution is -0.119. The van der Waals surface area contributed by atoms with Gasteiger partial charge in [0.15, 0.2) is 11.5 Å². The first-order valence-corrected chi connectivity index (χ1v) is 7.45. The molecule has 0 saturated carbocycles. The molecular weight excluding hydrogens is 322 g/mol. The van der Waals surface area contributed by atoms with E-state index in [1.807, 2.05) is 16.8 Å². The Morgan fingerprint density at radius 1 is 1.45 bits per heavy atom. The predicted molar refractivity (Wildman–Crippen MR) is 79.4 cm³/mol. The minimum Gasteiger partial charge on any atom is -0.370 e. The Balaban J connectivity index is 1.79.